The Morgan fingerprint density at radius 3 is 2.58 bits per heavy atom. The second-order valence-electron chi connectivity index (χ2n) is 7.33. The van der Waals surface area contributed by atoms with E-state index in [-0.39, 0.29) is 18.3 Å². The van der Waals surface area contributed by atoms with Crippen molar-refractivity contribution in [2.45, 2.75) is 50.9 Å². The van der Waals surface area contributed by atoms with Gasteiger partial charge in [-0.05, 0) is 76.1 Å². The molecule has 0 aromatic heterocycles. The van der Waals surface area contributed by atoms with E-state index in [1.807, 2.05) is 6.07 Å². The largest absolute Gasteiger partial charge is 0.303 e. The molecule has 1 aromatic rings. The first-order valence-corrected chi connectivity index (χ1v) is 10.9. The summed E-state index contributed by atoms with van der Waals surface area (Å²) in [6.07, 6.45) is 13.1. The van der Waals surface area contributed by atoms with Gasteiger partial charge in [-0.1, -0.05) is 54.2 Å². The Labute approximate surface area is 169 Å². The zero-order valence-corrected chi connectivity index (χ0v) is 17.3. The summed E-state index contributed by atoms with van der Waals surface area (Å²) in [6, 6.07) is 10.4. The molecule has 3 rings (SSSR count). The smallest absolute Gasteiger partial charge is 0.196 e. The molecular weight excluding hydrogens is 362 g/mol. The van der Waals surface area contributed by atoms with Gasteiger partial charge in [-0.3, -0.25) is 4.79 Å². The van der Waals surface area contributed by atoms with Crippen molar-refractivity contribution in [1.82, 2.24) is 4.90 Å². The van der Waals surface area contributed by atoms with Crippen LogP contribution in [0.1, 0.15) is 56.4 Å². The second-order valence-corrected chi connectivity index (χ2v) is 8.43. The van der Waals surface area contributed by atoms with E-state index in [0.29, 0.717) is 11.0 Å². The van der Waals surface area contributed by atoms with Crippen LogP contribution in [0.4, 0.5) is 0 Å². The van der Waals surface area contributed by atoms with Gasteiger partial charge in [0.15, 0.2) is 5.12 Å². The maximum Gasteiger partial charge on any atom is 0.196 e. The number of hydrogen-bond donors (Lipinski definition) is 0. The number of allylic oxidation sites excluding steroid dienone is 2. The second kappa shape index (κ2) is 11.8. The number of nitrogens with zero attached hydrogens (tertiary/aromatic N) is 1. The number of hydrogen-bond acceptors (Lipinski definition) is 3. The molecule has 0 amide bonds. The highest BCUT2D eigenvalue weighted by Gasteiger charge is 2.29. The van der Waals surface area contributed by atoms with E-state index in [1.54, 1.807) is 11.8 Å². The Bertz CT molecular complexity index is 557. The Kier molecular flexibility index (Phi) is 9.80. The van der Waals surface area contributed by atoms with Crippen molar-refractivity contribution < 1.29 is 4.79 Å². The predicted octanol–water partition coefficient (Wildman–Crippen LogP) is 5.68. The summed E-state index contributed by atoms with van der Waals surface area (Å²) in [5, 5.41) is 0.365. The third-order valence-corrected chi connectivity index (χ3v) is 6.48. The SMILES string of the molecule is Cl.O=C(SCCCCN1CCCC1)C(c1ccccc1)C1C=CCCC1. The van der Waals surface area contributed by atoms with Gasteiger partial charge in [-0.2, -0.15) is 0 Å². The molecule has 1 aromatic carbocycles. The van der Waals surface area contributed by atoms with Gasteiger partial charge in [-0.15, -0.1) is 12.4 Å². The first-order chi connectivity index (χ1) is 12.3. The molecule has 4 heteroatoms. The van der Waals surface area contributed by atoms with Crippen LogP contribution in [0.3, 0.4) is 0 Å². The first-order valence-electron chi connectivity index (χ1n) is 9.95. The van der Waals surface area contributed by atoms with Crippen LogP contribution in [-0.2, 0) is 4.79 Å². The number of carbonyl (C=O) groups excluding carboxylic acids is 1. The Balaban J connectivity index is 0.00000243. The minimum absolute atomic E-state index is 0. The van der Waals surface area contributed by atoms with E-state index in [9.17, 15) is 4.79 Å². The van der Waals surface area contributed by atoms with Crippen molar-refractivity contribution in [1.29, 1.82) is 0 Å². The molecule has 2 unspecified atom stereocenters. The van der Waals surface area contributed by atoms with E-state index >= 15 is 0 Å². The van der Waals surface area contributed by atoms with Crippen LogP contribution in [0, 0.1) is 5.92 Å². The van der Waals surface area contributed by atoms with E-state index in [1.165, 1.54) is 50.9 Å². The lowest BCUT2D eigenvalue weighted by Gasteiger charge is -2.26. The van der Waals surface area contributed by atoms with Crippen molar-refractivity contribution in [2.75, 3.05) is 25.4 Å². The number of halogens is 1. The van der Waals surface area contributed by atoms with Crippen LogP contribution >= 0.6 is 24.2 Å². The minimum atomic E-state index is 0. The molecule has 0 spiro atoms. The molecule has 2 atom stereocenters. The lowest BCUT2D eigenvalue weighted by atomic mass is 9.81. The van der Waals surface area contributed by atoms with Crippen molar-refractivity contribution >= 4 is 29.3 Å². The number of likely N-dealkylation sites (tertiary alicyclic amines) is 1. The standard InChI is InChI=1S/C22H31NOS.ClH/c24-22(25-18-10-9-17-23-15-7-8-16-23)21(19-11-3-1-4-12-19)20-13-5-2-6-14-20;/h1,3-5,11-13,20-21H,2,6-10,14-18H2;1H. The summed E-state index contributed by atoms with van der Waals surface area (Å²) < 4.78 is 0. The van der Waals surface area contributed by atoms with Gasteiger partial charge in [0.05, 0.1) is 5.92 Å². The number of thioether (sulfide) groups is 1. The van der Waals surface area contributed by atoms with Crippen LogP contribution < -0.4 is 0 Å². The van der Waals surface area contributed by atoms with Crippen molar-refractivity contribution in [3.63, 3.8) is 0 Å². The molecule has 0 saturated carbocycles. The molecule has 0 N–H and O–H groups in total. The summed E-state index contributed by atoms with van der Waals surface area (Å²) in [6.45, 7) is 3.76. The third-order valence-electron chi connectivity index (χ3n) is 5.44. The average molecular weight is 394 g/mol. The van der Waals surface area contributed by atoms with Gasteiger partial charge < -0.3 is 4.90 Å². The van der Waals surface area contributed by atoms with E-state index in [2.05, 4.69) is 41.3 Å². The summed E-state index contributed by atoms with van der Waals surface area (Å²) in [4.78, 5) is 15.5. The third kappa shape index (κ3) is 6.44. The molecular formula is C22H32ClNOS. The zero-order chi connectivity index (χ0) is 17.3. The number of benzene rings is 1. The summed E-state index contributed by atoms with van der Waals surface area (Å²) >= 11 is 1.56. The van der Waals surface area contributed by atoms with Crippen LogP contribution in [0.15, 0.2) is 42.5 Å². The van der Waals surface area contributed by atoms with E-state index in [0.717, 1.165) is 25.0 Å². The van der Waals surface area contributed by atoms with Gasteiger partial charge in [0.25, 0.3) is 0 Å². The van der Waals surface area contributed by atoms with Crippen LogP contribution in [0.2, 0.25) is 0 Å². The minimum Gasteiger partial charge on any atom is -0.303 e. The highest BCUT2D eigenvalue weighted by molar-refractivity contribution is 8.13. The molecule has 1 saturated heterocycles. The van der Waals surface area contributed by atoms with Crippen LogP contribution in [0.5, 0.6) is 0 Å². The van der Waals surface area contributed by atoms with Crippen molar-refractivity contribution in [3.05, 3.63) is 48.0 Å². The fourth-order valence-corrected chi connectivity index (χ4v) is 5.08. The van der Waals surface area contributed by atoms with E-state index < -0.39 is 0 Å². The number of carbonyl (C=O) groups is 1. The first kappa shape index (κ1) is 21.5. The fourth-order valence-electron chi connectivity index (χ4n) is 4.04. The Morgan fingerprint density at radius 2 is 1.88 bits per heavy atom. The summed E-state index contributed by atoms with van der Waals surface area (Å²) in [7, 11) is 0. The number of rotatable bonds is 8. The molecule has 2 aliphatic rings. The average Bonchev–Trinajstić information content (AvgIpc) is 3.17. The molecule has 1 aliphatic carbocycles. The quantitative estimate of drug-likeness (QED) is 0.418. The van der Waals surface area contributed by atoms with Gasteiger partial charge >= 0.3 is 0 Å². The number of unbranched alkanes of at least 4 members (excludes halogenated alkanes) is 1. The molecule has 0 bridgehead atoms. The molecule has 144 valence electrons. The van der Waals surface area contributed by atoms with Crippen LogP contribution in [-0.4, -0.2) is 35.4 Å². The molecule has 1 fully saturated rings. The van der Waals surface area contributed by atoms with Gasteiger partial charge in [0.1, 0.15) is 0 Å². The van der Waals surface area contributed by atoms with Crippen molar-refractivity contribution in [2.24, 2.45) is 5.92 Å². The summed E-state index contributed by atoms with van der Waals surface area (Å²) in [5.41, 5.74) is 1.19. The summed E-state index contributed by atoms with van der Waals surface area (Å²) in [5.74, 6) is 1.37. The van der Waals surface area contributed by atoms with Crippen LogP contribution in [0.25, 0.3) is 0 Å². The highest BCUT2D eigenvalue weighted by Crippen LogP contribution is 2.36. The lowest BCUT2D eigenvalue weighted by molar-refractivity contribution is -0.113. The molecule has 2 nitrogen and oxygen atoms in total. The topological polar surface area (TPSA) is 20.3 Å². The fraction of sp³-hybridized carbons (Fsp3) is 0.591. The Morgan fingerprint density at radius 1 is 1.12 bits per heavy atom. The maximum absolute atomic E-state index is 13.0. The maximum atomic E-state index is 13.0. The predicted molar refractivity (Wildman–Crippen MR) is 115 cm³/mol. The van der Waals surface area contributed by atoms with Gasteiger partial charge in [0.2, 0.25) is 0 Å². The lowest BCUT2D eigenvalue weighted by Crippen LogP contribution is -2.21. The zero-order valence-electron chi connectivity index (χ0n) is 15.6. The van der Waals surface area contributed by atoms with E-state index in [4.69, 9.17) is 0 Å². The Hall–Kier alpha value is -0.770. The monoisotopic (exact) mass is 393 g/mol. The molecule has 1 heterocycles. The van der Waals surface area contributed by atoms with Crippen molar-refractivity contribution in [3.8, 4) is 0 Å². The molecule has 26 heavy (non-hydrogen) atoms. The van der Waals surface area contributed by atoms with Gasteiger partial charge in [0, 0.05) is 5.75 Å². The normalized spacial score (nSPS) is 21.3. The molecule has 1 aliphatic heterocycles. The van der Waals surface area contributed by atoms with Gasteiger partial charge in [-0.25, -0.2) is 0 Å². The molecule has 0 radical (unpaired) electrons. The highest BCUT2D eigenvalue weighted by atomic mass is 35.5.